The Bertz CT molecular complexity index is 582. The number of anilines is 1. The van der Waals surface area contributed by atoms with Crippen LogP contribution in [0, 0.1) is 18.7 Å². The minimum absolute atomic E-state index is 0.206. The fraction of sp³-hybridized carbons (Fsp3) is 0.0769. The highest BCUT2D eigenvalue weighted by molar-refractivity contribution is 6.04. The van der Waals surface area contributed by atoms with Gasteiger partial charge >= 0.3 is 0 Å². The minimum atomic E-state index is -0.659. The van der Waals surface area contributed by atoms with Crippen LogP contribution < -0.4 is 5.32 Å². The first-order chi connectivity index (χ1) is 8.56. The average molecular weight is 248 g/mol. The van der Waals surface area contributed by atoms with Gasteiger partial charge < -0.3 is 5.32 Å². The third-order valence-electron chi connectivity index (χ3n) is 2.42. The molecule has 0 saturated carbocycles. The van der Waals surface area contributed by atoms with Gasteiger partial charge in [-0.25, -0.2) is 9.37 Å². The number of aromatic nitrogens is 1. The lowest BCUT2D eigenvalue weighted by Gasteiger charge is -2.06. The first kappa shape index (κ1) is 12.2. The van der Waals surface area contributed by atoms with Gasteiger partial charge in [0.1, 0.15) is 5.82 Å². The first-order valence-electron chi connectivity index (χ1n) is 5.25. The Labute approximate surface area is 102 Å². The number of rotatable bonds is 2. The van der Waals surface area contributed by atoms with Crippen LogP contribution in [0.4, 0.5) is 14.5 Å². The number of nitrogens with zero attached hydrogens (tertiary/aromatic N) is 1. The highest BCUT2D eigenvalue weighted by Gasteiger charge is 2.07. The lowest BCUT2D eigenvalue weighted by molar-refractivity contribution is 0.102. The maximum atomic E-state index is 13.3. The molecule has 2 rings (SSSR count). The summed E-state index contributed by atoms with van der Waals surface area (Å²) >= 11 is 0. The molecule has 0 aliphatic rings. The third kappa shape index (κ3) is 2.68. The first-order valence-corrected chi connectivity index (χ1v) is 5.25. The molecule has 2 aromatic rings. The fourth-order valence-corrected chi connectivity index (χ4v) is 1.38. The summed E-state index contributed by atoms with van der Waals surface area (Å²) in [6, 6.07) is 6.78. The van der Waals surface area contributed by atoms with Gasteiger partial charge in [-0.05, 0) is 36.8 Å². The van der Waals surface area contributed by atoms with E-state index < -0.39 is 17.7 Å². The van der Waals surface area contributed by atoms with Gasteiger partial charge in [0.15, 0.2) is 0 Å². The van der Waals surface area contributed by atoms with Crippen molar-refractivity contribution in [3.8, 4) is 0 Å². The normalized spacial score (nSPS) is 10.2. The van der Waals surface area contributed by atoms with Crippen LogP contribution in [0.25, 0.3) is 0 Å². The van der Waals surface area contributed by atoms with E-state index in [2.05, 4.69) is 10.3 Å². The Morgan fingerprint density at radius 1 is 1.22 bits per heavy atom. The number of carbonyl (C=O) groups excluding carboxylic acids is 1. The van der Waals surface area contributed by atoms with Gasteiger partial charge in [-0.1, -0.05) is 6.07 Å². The molecule has 1 amide bonds. The topological polar surface area (TPSA) is 42.0 Å². The van der Waals surface area contributed by atoms with Crippen molar-refractivity contribution >= 4 is 11.6 Å². The van der Waals surface area contributed by atoms with Crippen molar-refractivity contribution in [2.24, 2.45) is 0 Å². The summed E-state index contributed by atoms with van der Waals surface area (Å²) in [5, 5.41) is 2.50. The summed E-state index contributed by atoms with van der Waals surface area (Å²) < 4.78 is 25.9. The van der Waals surface area contributed by atoms with Gasteiger partial charge in [0.2, 0.25) is 5.95 Å². The molecule has 0 spiro atoms. The molecule has 0 saturated heterocycles. The van der Waals surface area contributed by atoms with E-state index in [1.54, 1.807) is 19.1 Å². The van der Waals surface area contributed by atoms with Crippen LogP contribution in [0.2, 0.25) is 0 Å². The Hall–Kier alpha value is -2.30. The van der Waals surface area contributed by atoms with E-state index in [0.717, 1.165) is 12.3 Å². The van der Waals surface area contributed by atoms with Gasteiger partial charge in [0, 0.05) is 11.9 Å². The molecule has 0 unspecified atom stereocenters. The molecule has 1 N–H and O–H groups in total. The number of hydrogen-bond acceptors (Lipinski definition) is 2. The quantitative estimate of drug-likeness (QED) is 0.830. The van der Waals surface area contributed by atoms with E-state index in [4.69, 9.17) is 0 Å². The zero-order valence-corrected chi connectivity index (χ0v) is 9.58. The van der Waals surface area contributed by atoms with E-state index in [-0.39, 0.29) is 5.56 Å². The molecule has 18 heavy (non-hydrogen) atoms. The molecule has 92 valence electrons. The van der Waals surface area contributed by atoms with Crippen molar-refractivity contribution in [1.82, 2.24) is 4.98 Å². The highest BCUT2D eigenvalue weighted by Crippen LogP contribution is 2.14. The minimum Gasteiger partial charge on any atom is -0.322 e. The lowest BCUT2D eigenvalue weighted by atomic mass is 10.2. The number of nitrogens with one attached hydrogen (secondary N) is 1. The van der Waals surface area contributed by atoms with Crippen molar-refractivity contribution in [2.75, 3.05) is 5.32 Å². The Morgan fingerprint density at radius 2 is 2.00 bits per heavy atom. The number of hydrogen-bond donors (Lipinski definition) is 1. The van der Waals surface area contributed by atoms with E-state index in [9.17, 15) is 13.6 Å². The van der Waals surface area contributed by atoms with E-state index in [1.165, 1.54) is 12.1 Å². The maximum absolute atomic E-state index is 13.3. The van der Waals surface area contributed by atoms with Crippen molar-refractivity contribution in [1.29, 1.82) is 0 Å². The molecule has 0 radical (unpaired) electrons. The number of benzene rings is 1. The second kappa shape index (κ2) is 4.91. The van der Waals surface area contributed by atoms with Gasteiger partial charge in [-0.15, -0.1) is 0 Å². The summed E-state index contributed by atoms with van der Waals surface area (Å²) in [5.41, 5.74) is 1.04. The standard InChI is InChI=1S/C13H10F2N2O/c1-8-2-4-10(6-11(8)14)17-13(18)9-3-5-12(15)16-7-9/h2-7H,1H3,(H,17,18). The van der Waals surface area contributed by atoms with Gasteiger partial charge in [-0.3, -0.25) is 4.79 Å². The average Bonchev–Trinajstić information content (AvgIpc) is 2.34. The van der Waals surface area contributed by atoms with Crippen molar-refractivity contribution in [3.63, 3.8) is 0 Å². The molecule has 3 nitrogen and oxygen atoms in total. The van der Waals surface area contributed by atoms with Crippen LogP contribution in [0.3, 0.4) is 0 Å². The van der Waals surface area contributed by atoms with Crippen LogP contribution in [0.5, 0.6) is 0 Å². The number of halogens is 2. The molecule has 5 heteroatoms. The Balaban J connectivity index is 2.16. The van der Waals surface area contributed by atoms with Crippen LogP contribution >= 0.6 is 0 Å². The highest BCUT2D eigenvalue weighted by atomic mass is 19.1. The Kier molecular flexibility index (Phi) is 3.32. The van der Waals surface area contributed by atoms with Crippen LogP contribution in [-0.4, -0.2) is 10.9 Å². The summed E-state index contributed by atoms with van der Waals surface area (Å²) in [7, 11) is 0. The SMILES string of the molecule is Cc1ccc(NC(=O)c2ccc(F)nc2)cc1F. The number of pyridine rings is 1. The molecule has 1 aromatic carbocycles. The number of carbonyl (C=O) groups is 1. The van der Waals surface area contributed by atoms with Crippen molar-refractivity contribution < 1.29 is 13.6 Å². The van der Waals surface area contributed by atoms with E-state index >= 15 is 0 Å². The predicted octanol–water partition coefficient (Wildman–Crippen LogP) is 2.92. The third-order valence-corrected chi connectivity index (χ3v) is 2.42. The predicted molar refractivity (Wildman–Crippen MR) is 63.3 cm³/mol. The summed E-state index contributed by atoms with van der Waals surface area (Å²) in [6.45, 7) is 1.63. The van der Waals surface area contributed by atoms with E-state index in [1.807, 2.05) is 0 Å². The monoisotopic (exact) mass is 248 g/mol. The van der Waals surface area contributed by atoms with Crippen LogP contribution in [0.1, 0.15) is 15.9 Å². The fourth-order valence-electron chi connectivity index (χ4n) is 1.38. The van der Waals surface area contributed by atoms with Gasteiger partial charge in [0.05, 0.1) is 5.56 Å². The number of amides is 1. The zero-order chi connectivity index (χ0) is 13.1. The summed E-state index contributed by atoms with van der Waals surface area (Å²) in [5.74, 6) is -1.52. The van der Waals surface area contributed by atoms with Crippen LogP contribution in [0.15, 0.2) is 36.5 Å². The molecule has 0 aliphatic heterocycles. The molecule has 0 fully saturated rings. The van der Waals surface area contributed by atoms with Gasteiger partial charge in [-0.2, -0.15) is 4.39 Å². The van der Waals surface area contributed by atoms with Crippen molar-refractivity contribution in [3.05, 3.63) is 59.4 Å². The molecule has 0 aliphatic carbocycles. The smallest absolute Gasteiger partial charge is 0.257 e. The number of aryl methyl sites for hydroxylation is 1. The molecular weight excluding hydrogens is 238 g/mol. The molecular formula is C13H10F2N2O. The maximum Gasteiger partial charge on any atom is 0.257 e. The summed E-state index contributed by atoms with van der Waals surface area (Å²) in [6.07, 6.45) is 1.12. The summed E-state index contributed by atoms with van der Waals surface area (Å²) in [4.78, 5) is 15.1. The van der Waals surface area contributed by atoms with Gasteiger partial charge in [0.25, 0.3) is 5.91 Å². The lowest BCUT2D eigenvalue weighted by Crippen LogP contribution is -2.12. The molecule has 0 atom stereocenters. The largest absolute Gasteiger partial charge is 0.322 e. The molecule has 0 bridgehead atoms. The molecule has 1 aromatic heterocycles. The van der Waals surface area contributed by atoms with Crippen LogP contribution in [-0.2, 0) is 0 Å². The second-order valence-electron chi connectivity index (χ2n) is 3.79. The Morgan fingerprint density at radius 3 is 2.61 bits per heavy atom. The second-order valence-corrected chi connectivity index (χ2v) is 3.79. The van der Waals surface area contributed by atoms with E-state index in [0.29, 0.717) is 11.3 Å². The zero-order valence-electron chi connectivity index (χ0n) is 9.58. The molecule has 1 heterocycles. The van der Waals surface area contributed by atoms with Crippen molar-refractivity contribution in [2.45, 2.75) is 6.92 Å².